The number of carbonyl (C=O) groups is 1. The van der Waals surface area contributed by atoms with Crippen LogP contribution >= 0.6 is 11.3 Å². The Morgan fingerprint density at radius 1 is 1.48 bits per heavy atom. The predicted octanol–water partition coefficient (Wildman–Crippen LogP) is 2.74. The summed E-state index contributed by atoms with van der Waals surface area (Å²) in [6.45, 7) is 5.66. The van der Waals surface area contributed by atoms with Crippen LogP contribution in [0.15, 0.2) is 5.38 Å². The van der Waals surface area contributed by atoms with Crippen LogP contribution in [0.5, 0.6) is 0 Å². The van der Waals surface area contributed by atoms with Crippen LogP contribution in [0.3, 0.4) is 0 Å². The van der Waals surface area contributed by atoms with Gasteiger partial charge in [0.1, 0.15) is 0 Å². The number of rotatable bonds is 6. The van der Waals surface area contributed by atoms with E-state index in [1.807, 2.05) is 11.8 Å². The van der Waals surface area contributed by atoms with E-state index in [1.165, 1.54) is 5.01 Å². The van der Waals surface area contributed by atoms with Crippen LogP contribution in [0, 0.1) is 6.92 Å². The Labute approximate surface area is 142 Å². The number of hydrogen-bond acceptors (Lipinski definition) is 5. The van der Waals surface area contributed by atoms with Gasteiger partial charge in [-0.1, -0.05) is 0 Å². The monoisotopic (exact) mass is 338 g/mol. The number of piperidine rings is 1. The molecule has 2 aliphatic heterocycles. The molecule has 2 saturated heterocycles. The lowest BCUT2D eigenvalue weighted by Gasteiger charge is -2.32. The van der Waals surface area contributed by atoms with Gasteiger partial charge in [-0.2, -0.15) is 0 Å². The molecule has 0 unspecified atom stereocenters. The van der Waals surface area contributed by atoms with Gasteiger partial charge in [0.2, 0.25) is 5.91 Å². The smallest absolute Gasteiger partial charge is 0.224 e. The summed E-state index contributed by atoms with van der Waals surface area (Å²) in [5, 5.41) is 3.27. The van der Waals surface area contributed by atoms with Crippen molar-refractivity contribution >= 4 is 17.2 Å². The van der Waals surface area contributed by atoms with E-state index in [1.54, 1.807) is 11.3 Å². The fraction of sp³-hybridized carbons (Fsp3) is 0.765. The van der Waals surface area contributed by atoms with Gasteiger partial charge in [0.25, 0.3) is 0 Å². The fourth-order valence-corrected chi connectivity index (χ4v) is 4.20. The van der Waals surface area contributed by atoms with E-state index in [0.717, 1.165) is 51.1 Å². The molecule has 23 heavy (non-hydrogen) atoms. The quantitative estimate of drug-likeness (QED) is 0.749. The number of likely N-dealkylation sites (tertiary alicyclic amines) is 1. The highest BCUT2D eigenvalue weighted by atomic mass is 32.1. The van der Waals surface area contributed by atoms with Crippen LogP contribution in [0.2, 0.25) is 0 Å². The van der Waals surface area contributed by atoms with Crippen molar-refractivity contribution in [3.05, 3.63) is 16.1 Å². The molecule has 5 nitrogen and oxygen atoms in total. The normalized spacial score (nSPS) is 25.0. The lowest BCUT2D eigenvalue weighted by Crippen LogP contribution is -2.39. The lowest BCUT2D eigenvalue weighted by molar-refractivity contribution is -0.133. The average molecular weight is 338 g/mol. The molecule has 2 atom stereocenters. The Kier molecular flexibility index (Phi) is 6.02. The minimum atomic E-state index is 0.204. The van der Waals surface area contributed by atoms with Crippen molar-refractivity contribution in [2.45, 2.75) is 51.0 Å². The standard InChI is InChI=1S/C17H26N2O3S/c1-13-12-23-17(18-13)14-4-2-7-19(10-14)16(20)6-9-21-11-15-5-3-8-22-15/h12,14-15H,2-11H2,1H3/t14-,15-/m1/s1. The van der Waals surface area contributed by atoms with Crippen molar-refractivity contribution in [2.75, 3.05) is 32.9 Å². The molecule has 3 rings (SSSR count). The fourth-order valence-electron chi connectivity index (χ4n) is 3.27. The second kappa shape index (κ2) is 8.22. The molecule has 0 saturated carbocycles. The van der Waals surface area contributed by atoms with E-state index in [9.17, 15) is 4.79 Å². The first kappa shape index (κ1) is 16.9. The number of aryl methyl sites for hydroxylation is 1. The Bertz CT molecular complexity index is 514. The van der Waals surface area contributed by atoms with Gasteiger partial charge < -0.3 is 14.4 Å². The molecule has 0 N–H and O–H groups in total. The summed E-state index contributed by atoms with van der Waals surface area (Å²) in [5.74, 6) is 0.606. The van der Waals surface area contributed by atoms with Crippen LogP contribution < -0.4 is 0 Å². The topological polar surface area (TPSA) is 51.7 Å². The Balaban J connectivity index is 1.40. The van der Waals surface area contributed by atoms with Gasteiger partial charge in [-0.05, 0) is 32.6 Å². The minimum Gasteiger partial charge on any atom is -0.378 e. The highest BCUT2D eigenvalue weighted by molar-refractivity contribution is 7.09. The van der Waals surface area contributed by atoms with Crippen molar-refractivity contribution in [3.63, 3.8) is 0 Å². The molecular formula is C17H26N2O3S. The maximum Gasteiger partial charge on any atom is 0.224 e. The largest absolute Gasteiger partial charge is 0.378 e. The SMILES string of the molecule is Cc1csc([C@@H]2CCCN(C(=O)CCOC[C@H]3CCCO3)C2)n1. The minimum absolute atomic E-state index is 0.204. The van der Waals surface area contributed by atoms with Crippen LogP contribution in [0.4, 0.5) is 0 Å². The molecular weight excluding hydrogens is 312 g/mol. The van der Waals surface area contributed by atoms with Crippen molar-refractivity contribution in [2.24, 2.45) is 0 Å². The zero-order valence-electron chi connectivity index (χ0n) is 13.8. The summed E-state index contributed by atoms with van der Waals surface area (Å²) < 4.78 is 11.1. The van der Waals surface area contributed by atoms with Gasteiger partial charge in [0, 0.05) is 36.7 Å². The highest BCUT2D eigenvalue weighted by Crippen LogP contribution is 2.29. The third kappa shape index (κ3) is 4.75. The molecule has 1 aromatic rings. The van der Waals surface area contributed by atoms with Crippen molar-refractivity contribution < 1.29 is 14.3 Å². The molecule has 2 aliphatic rings. The van der Waals surface area contributed by atoms with Gasteiger partial charge >= 0.3 is 0 Å². The molecule has 1 amide bonds. The van der Waals surface area contributed by atoms with E-state index in [4.69, 9.17) is 9.47 Å². The first-order valence-corrected chi connectivity index (χ1v) is 9.49. The zero-order chi connectivity index (χ0) is 16.1. The summed E-state index contributed by atoms with van der Waals surface area (Å²) in [7, 11) is 0. The molecule has 6 heteroatoms. The summed E-state index contributed by atoms with van der Waals surface area (Å²) >= 11 is 1.72. The van der Waals surface area contributed by atoms with Gasteiger partial charge in [-0.25, -0.2) is 4.98 Å². The second-order valence-corrected chi connectivity index (χ2v) is 7.36. The summed E-state index contributed by atoms with van der Waals surface area (Å²) in [5.41, 5.74) is 1.08. The molecule has 0 spiro atoms. The molecule has 2 fully saturated rings. The van der Waals surface area contributed by atoms with Crippen molar-refractivity contribution in [1.29, 1.82) is 0 Å². The number of carbonyl (C=O) groups excluding carboxylic acids is 1. The molecule has 0 radical (unpaired) electrons. The molecule has 1 aromatic heterocycles. The average Bonchev–Trinajstić information content (AvgIpc) is 3.23. The van der Waals surface area contributed by atoms with Crippen LogP contribution in [0.25, 0.3) is 0 Å². The Morgan fingerprint density at radius 3 is 3.13 bits per heavy atom. The number of amides is 1. The Hall–Kier alpha value is -0.980. The van der Waals surface area contributed by atoms with E-state index in [0.29, 0.717) is 25.6 Å². The maximum absolute atomic E-state index is 12.4. The molecule has 128 valence electrons. The number of hydrogen-bond donors (Lipinski definition) is 0. The molecule has 0 aliphatic carbocycles. The number of aromatic nitrogens is 1. The highest BCUT2D eigenvalue weighted by Gasteiger charge is 2.26. The van der Waals surface area contributed by atoms with Crippen LogP contribution in [-0.2, 0) is 14.3 Å². The molecule has 3 heterocycles. The van der Waals surface area contributed by atoms with Crippen molar-refractivity contribution in [1.82, 2.24) is 9.88 Å². The third-order valence-electron chi connectivity index (χ3n) is 4.55. The number of thiazole rings is 1. The number of ether oxygens (including phenoxy) is 2. The molecule has 0 bridgehead atoms. The van der Waals surface area contributed by atoms with Gasteiger partial charge in [0.05, 0.1) is 30.7 Å². The lowest BCUT2D eigenvalue weighted by atomic mass is 9.98. The second-order valence-electron chi connectivity index (χ2n) is 6.47. The summed E-state index contributed by atoms with van der Waals surface area (Å²) in [4.78, 5) is 19.0. The van der Waals surface area contributed by atoms with Gasteiger partial charge in [-0.3, -0.25) is 4.79 Å². The van der Waals surface area contributed by atoms with E-state index in [-0.39, 0.29) is 12.0 Å². The third-order valence-corrected chi connectivity index (χ3v) is 5.67. The molecule has 0 aromatic carbocycles. The van der Waals surface area contributed by atoms with E-state index in [2.05, 4.69) is 10.4 Å². The van der Waals surface area contributed by atoms with Crippen molar-refractivity contribution in [3.8, 4) is 0 Å². The maximum atomic E-state index is 12.4. The van der Waals surface area contributed by atoms with E-state index >= 15 is 0 Å². The van der Waals surface area contributed by atoms with Crippen LogP contribution in [-0.4, -0.2) is 54.8 Å². The zero-order valence-corrected chi connectivity index (χ0v) is 14.6. The summed E-state index contributed by atoms with van der Waals surface area (Å²) in [6, 6.07) is 0. The van der Waals surface area contributed by atoms with E-state index < -0.39 is 0 Å². The predicted molar refractivity (Wildman–Crippen MR) is 89.8 cm³/mol. The first-order chi connectivity index (χ1) is 11.2. The first-order valence-electron chi connectivity index (χ1n) is 8.61. The van der Waals surface area contributed by atoms with Gasteiger partial charge in [0.15, 0.2) is 0 Å². The summed E-state index contributed by atoms with van der Waals surface area (Å²) in [6.07, 6.45) is 5.10. The Morgan fingerprint density at radius 2 is 2.39 bits per heavy atom. The van der Waals surface area contributed by atoms with Crippen LogP contribution in [0.1, 0.15) is 48.7 Å². The van der Waals surface area contributed by atoms with Gasteiger partial charge in [-0.15, -0.1) is 11.3 Å². The number of nitrogens with zero attached hydrogens (tertiary/aromatic N) is 2.